The summed E-state index contributed by atoms with van der Waals surface area (Å²) >= 11 is 0. The highest BCUT2D eigenvalue weighted by molar-refractivity contribution is 5.95. The fourth-order valence-corrected chi connectivity index (χ4v) is 3.58. The maximum absolute atomic E-state index is 12.8. The van der Waals surface area contributed by atoms with E-state index in [9.17, 15) is 14.9 Å². The van der Waals surface area contributed by atoms with Crippen LogP contribution in [0.3, 0.4) is 0 Å². The lowest BCUT2D eigenvalue weighted by Crippen LogP contribution is -2.42. The number of benzene rings is 2. The number of amides is 1. The van der Waals surface area contributed by atoms with Crippen molar-refractivity contribution in [3.8, 4) is 11.5 Å². The third-order valence-electron chi connectivity index (χ3n) is 5.21. The van der Waals surface area contributed by atoms with E-state index in [4.69, 9.17) is 9.47 Å². The van der Waals surface area contributed by atoms with E-state index < -0.39 is 0 Å². The lowest BCUT2D eigenvalue weighted by atomic mass is 10.0. The highest BCUT2D eigenvalue weighted by Gasteiger charge is 2.26. The number of hydrogen-bond donors (Lipinski definition) is 1. The number of carbonyl (C=O) groups excluding carboxylic acids is 1. The third kappa shape index (κ3) is 4.42. The van der Waals surface area contributed by atoms with Gasteiger partial charge >= 0.3 is 0 Å². The molecule has 2 aromatic rings. The zero-order valence-electron chi connectivity index (χ0n) is 16.8. The van der Waals surface area contributed by atoms with Crippen LogP contribution in [0, 0.1) is 17.0 Å². The summed E-state index contributed by atoms with van der Waals surface area (Å²) in [6.45, 7) is 3.00. The van der Waals surface area contributed by atoms with Gasteiger partial charge in [-0.2, -0.15) is 0 Å². The zero-order valence-corrected chi connectivity index (χ0v) is 16.8. The van der Waals surface area contributed by atoms with Gasteiger partial charge in [0.1, 0.15) is 5.69 Å². The largest absolute Gasteiger partial charge is 0.493 e. The molecular weight excluding hydrogens is 374 g/mol. The molecule has 1 N–H and O–H groups in total. The van der Waals surface area contributed by atoms with E-state index in [2.05, 4.69) is 5.32 Å². The Balaban J connectivity index is 1.65. The summed E-state index contributed by atoms with van der Waals surface area (Å²) in [5, 5.41) is 14.6. The number of hydrogen-bond acceptors (Lipinski definition) is 6. The van der Waals surface area contributed by atoms with E-state index in [1.165, 1.54) is 13.2 Å². The quantitative estimate of drug-likeness (QED) is 0.589. The molecule has 0 saturated carbocycles. The summed E-state index contributed by atoms with van der Waals surface area (Å²) in [6.07, 6.45) is 1.43. The number of para-hydroxylation sites is 1. The summed E-state index contributed by atoms with van der Waals surface area (Å²) in [5.41, 5.74) is 2.02. The molecule has 1 heterocycles. The number of anilines is 1. The van der Waals surface area contributed by atoms with Gasteiger partial charge in [0.25, 0.3) is 11.6 Å². The molecule has 154 valence electrons. The molecule has 0 unspecified atom stereocenters. The first kappa shape index (κ1) is 20.4. The predicted molar refractivity (Wildman–Crippen MR) is 110 cm³/mol. The van der Waals surface area contributed by atoms with Crippen molar-refractivity contribution >= 4 is 17.3 Å². The summed E-state index contributed by atoms with van der Waals surface area (Å²) < 4.78 is 10.5. The molecule has 0 spiro atoms. The standard InChI is InChI=1S/C21H25N3O5/c1-14-5-4-6-17(24(26)27)20(14)22-16-9-11-23(12-10-16)21(25)15-7-8-18(28-2)19(13-15)29-3/h4-8,13,16,22H,9-12H2,1-3H3. The maximum Gasteiger partial charge on any atom is 0.292 e. The Morgan fingerprint density at radius 3 is 2.45 bits per heavy atom. The minimum Gasteiger partial charge on any atom is -0.493 e. The molecule has 0 radical (unpaired) electrons. The number of nitro benzene ring substituents is 1. The number of rotatable bonds is 6. The molecule has 1 fully saturated rings. The summed E-state index contributed by atoms with van der Waals surface area (Å²) in [5.74, 6) is 1.03. The zero-order chi connectivity index (χ0) is 21.0. The van der Waals surface area contributed by atoms with Gasteiger partial charge in [-0.25, -0.2) is 0 Å². The number of nitrogens with one attached hydrogen (secondary N) is 1. The van der Waals surface area contributed by atoms with Crippen molar-refractivity contribution in [2.45, 2.75) is 25.8 Å². The van der Waals surface area contributed by atoms with E-state index in [0.717, 1.165) is 5.56 Å². The number of aryl methyl sites for hydroxylation is 1. The normalized spacial score (nSPS) is 14.4. The first-order valence-electron chi connectivity index (χ1n) is 9.46. The first-order valence-corrected chi connectivity index (χ1v) is 9.46. The molecule has 0 aliphatic carbocycles. The molecule has 0 atom stereocenters. The second kappa shape index (κ2) is 8.81. The Hall–Kier alpha value is -3.29. The van der Waals surface area contributed by atoms with Crippen molar-refractivity contribution < 1.29 is 19.2 Å². The van der Waals surface area contributed by atoms with Crippen LogP contribution in [0.4, 0.5) is 11.4 Å². The van der Waals surface area contributed by atoms with Crippen molar-refractivity contribution in [1.29, 1.82) is 0 Å². The van der Waals surface area contributed by atoms with Crippen molar-refractivity contribution in [3.05, 3.63) is 57.6 Å². The predicted octanol–water partition coefficient (Wildman–Crippen LogP) is 3.64. The molecule has 1 saturated heterocycles. The Labute approximate surface area is 169 Å². The summed E-state index contributed by atoms with van der Waals surface area (Å²) in [7, 11) is 3.09. The third-order valence-corrected chi connectivity index (χ3v) is 5.21. The average Bonchev–Trinajstić information content (AvgIpc) is 2.74. The van der Waals surface area contributed by atoms with E-state index in [1.807, 2.05) is 13.0 Å². The van der Waals surface area contributed by atoms with Crippen LogP contribution in [0.1, 0.15) is 28.8 Å². The van der Waals surface area contributed by atoms with Crippen LogP contribution in [-0.2, 0) is 0 Å². The topological polar surface area (TPSA) is 93.9 Å². The van der Waals surface area contributed by atoms with Gasteiger partial charge in [-0.05, 0) is 43.5 Å². The van der Waals surface area contributed by atoms with Crippen LogP contribution < -0.4 is 14.8 Å². The maximum atomic E-state index is 12.8. The number of likely N-dealkylation sites (tertiary alicyclic amines) is 1. The van der Waals surface area contributed by atoms with E-state index in [0.29, 0.717) is 48.7 Å². The van der Waals surface area contributed by atoms with Gasteiger partial charge < -0.3 is 19.7 Å². The lowest BCUT2D eigenvalue weighted by molar-refractivity contribution is -0.384. The van der Waals surface area contributed by atoms with Crippen LogP contribution in [0.5, 0.6) is 11.5 Å². The molecule has 8 heteroatoms. The van der Waals surface area contributed by atoms with Gasteiger partial charge in [0.2, 0.25) is 0 Å². The van der Waals surface area contributed by atoms with Gasteiger partial charge in [0.15, 0.2) is 11.5 Å². The van der Waals surface area contributed by atoms with Crippen molar-refractivity contribution in [3.63, 3.8) is 0 Å². The second-order valence-corrected chi connectivity index (χ2v) is 7.01. The SMILES string of the molecule is COc1ccc(C(=O)N2CCC(Nc3c(C)cccc3[N+](=O)[O-])CC2)cc1OC. The average molecular weight is 399 g/mol. The fraction of sp³-hybridized carbons (Fsp3) is 0.381. The lowest BCUT2D eigenvalue weighted by Gasteiger charge is -2.33. The van der Waals surface area contributed by atoms with Gasteiger partial charge in [-0.1, -0.05) is 12.1 Å². The van der Waals surface area contributed by atoms with E-state index in [-0.39, 0.29) is 22.6 Å². The molecule has 1 amide bonds. The molecule has 8 nitrogen and oxygen atoms in total. The van der Waals surface area contributed by atoms with Crippen molar-refractivity contribution in [2.75, 3.05) is 32.6 Å². The van der Waals surface area contributed by atoms with Crippen molar-refractivity contribution in [2.24, 2.45) is 0 Å². The van der Waals surface area contributed by atoms with Gasteiger partial charge in [-0.15, -0.1) is 0 Å². The van der Waals surface area contributed by atoms with Gasteiger partial charge in [0, 0.05) is 30.8 Å². The Kier molecular flexibility index (Phi) is 6.21. The highest BCUT2D eigenvalue weighted by atomic mass is 16.6. The smallest absolute Gasteiger partial charge is 0.292 e. The highest BCUT2D eigenvalue weighted by Crippen LogP contribution is 2.31. The van der Waals surface area contributed by atoms with Crippen LogP contribution in [0.25, 0.3) is 0 Å². The van der Waals surface area contributed by atoms with E-state index in [1.54, 1.807) is 36.3 Å². The Bertz CT molecular complexity index is 907. The molecule has 1 aliphatic rings. The van der Waals surface area contributed by atoms with Crippen LogP contribution in [0.15, 0.2) is 36.4 Å². The molecule has 29 heavy (non-hydrogen) atoms. The van der Waals surface area contributed by atoms with Gasteiger partial charge in [0.05, 0.1) is 19.1 Å². The number of nitro groups is 1. The van der Waals surface area contributed by atoms with E-state index >= 15 is 0 Å². The monoisotopic (exact) mass is 399 g/mol. The summed E-state index contributed by atoms with van der Waals surface area (Å²) in [6, 6.07) is 10.2. The number of carbonyl (C=O) groups is 1. The number of ether oxygens (including phenoxy) is 2. The van der Waals surface area contributed by atoms with Gasteiger partial charge in [-0.3, -0.25) is 14.9 Å². The molecule has 1 aliphatic heterocycles. The van der Waals surface area contributed by atoms with Crippen LogP contribution in [-0.4, -0.2) is 49.1 Å². The Morgan fingerprint density at radius 1 is 1.14 bits per heavy atom. The molecule has 3 rings (SSSR count). The summed E-state index contributed by atoms with van der Waals surface area (Å²) in [4.78, 5) is 25.6. The van der Waals surface area contributed by atoms with Crippen LogP contribution >= 0.6 is 0 Å². The fourth-order valence-electron chi connectivity index (χ4n) is 3.58. The Morgan fingerprint density at radius 2 is 1.83 bits per heavy atom. The van der Waals surface area contributed by atoms with Crippen LogP contribution in [0.2, 0.25) is 0 Å². The minimum atomic E-state index is -0.370. The number of nitrogens with zero attached hydrogens (tertiary/aromatic N) is 2. The molecule has 0 aromatic heterocycles. The van der Waals surface area contributed by atoms with Crippen molar-refractivity contribution in [1.82, 2.24) is 4.90 Å². The molecule has 2 aromatic carbocycles. The number of methoxy groups -OCH3 is 2. The second-order valence-electron chi connectivity index (χ2n) is 7.01. The number of piperidine rings is 1. The minimum absolute atomic E-state index is 0.0636. The molecular formula is C21H25N3O5. The first-order chi connectivity index (χ1) is 13.9. The molecule has 0 bridgehead atoms.